The van der Waals surface area contributed by atoms with Crippen molar-refractivity contribution in [2.75, 3.05) is 26.4 Å². The smallest absolute Gasteiger partial charge is 0.462 e. The Hall–Kier alpha value is -1.96. The normalized spacial score (nSPS) is 15.1. The molecule has 0 aromatic heterocycles. The van der Waals surface area contributed by atoms with Gasteiger partial charge in [-0.2, -0.15) is 0 Å². The molecule has 0 aliphatic rings. The maximum Gasteiger partial charge on any atom is 0.472 e. The maximum absolute atomic E-state index is 12.6. The van der Waals surface area contributed by atoms with Gasteiger partial charge in [-0.05, 0) is 64.2 Å². The van der Waals surface area contributed by atoms with Crippen LogP contribution in [0.4, 0.5) is 0 Å². The largest absolute Gasteiger partial charge is 0.472 e. The summed E-state index contributed by atoms with van der Waals surface area (Å²) in [6.07, 6.45) is 34.3. The highest BCUT2D eigenvalue weighted by molar-refractivity contribution is 7.47. The van der Waals surface area contributed by atoms with E-state index in [1.807, 2.05) is 31.2 Å². The monoisotopic (exact) mass is 866 g/mol. The zero-order valence-electron chi connectivity index (χ0n) is 35.2. The fraction of sp³-hybridized carbons (Fsp3) is 0.762. The Kier molecular flexibility index (Phi) is 36.7. The number of aliphatic hydroxyl groups is 2. The number of phosphoric acid groups is 2. The van der Waals surface area contributed by atoms with E-state index in [1.54, 1.807) is 6.08 Å². The van der Waals surface area contributed by atoms with E-state index in [1.165, 1.54) is 38.5 Å². The van der Waals surface area contributed by atoms with Crippen LogP contribution in [0.2, 0.25) is 0 Å². The summed E-state index contributed by atoms with van der Waals surface area (Å²) in [6.45, 7) is 1.49. The van der Waals surface area contributed by atoms with Crippen LogP contribution in [-0.2, 0) is 41.8 Å². The van der Waals surface area contributed by atoms with Gasteiger partial charge in [0, 0.05) is 12.8 Å². The van der Waals surface area contributed by atoms with Crippen LogP contribution in [0.15, 0.2) is 48.6 Å². The van der Waals surface area contributed by atoms with Gasteiger partial charge >= 0.3 is 27.6 Å². The van der Waals surface area contributed by atoms with E-state index in [4.69, 9.17) is 23.8 Å². The molecule has 5 N–H and O–H groups in total. The summed E-state index contributed by atoms with van der Waals surface area (Å²) in [5.41, 5.74) is 0. The Morgan fingerprint density at radius 1 is 0.569 bits per heavy atom. The number of rotatable bonds is 40. The minimum absolute atomic E-state index is 0.0822. The van der Waals surface area contributed by atoms with Gasteiger partial charge in [0.15, 0.2) is 6.10 Å². The lowest BCUT2D eigenvalue weighted by molar-refractivity contribution is -0.161. The zero-order chi connectivity index (χ0) is 43.2. The van der Waals surface area contributed by atoms with Crippen molar-refractivity contribution in [3.63, 3.8) is 0 Å². The second-order valence-electron chi connectivity index (χ2n) is 14.4. The first-order chi connectivity index (χ1) is 27.8. The molecule has 0 radical (unpaired) electrons. The number of carbonyl (C=O) groups excluding carboxylic acids is 2. The van der Waals surface area contributed by atoms with Crippen LogP contribution in [0.5, 0.6) is 0 Å². The molecular formula is C42H76O14P2. The third-order valence-corrected chi connectivity index (χ3v) is 10.2. The number of esters is 2. The SMILES string of the molecule is CC/C=C/CC(O)/C=C/C=C/CCCCCCCC(=O)O[C@H](COC(=O)CCCCCCC/C=C\CCCCCCCC)COP(=O)(O)OC[C@@H](O)COP(=O)(O)O. The summed E-state index contributed by atoms with van der Waals surface area (Å²) in [7, 11) is -9.70. The third-order valence-electron chi connectivity index (χ3n) is 8.77. The van der Waals surface area contributed by atoms with E-state index in [9.17, 15) is 33.8 Å². The van der Waals surface area contributed by atoms with Gasteiger partial charge in [-0.25, -0.2) is 9.13 Å². The Bertz CT molecular complexity index is 1230. The van der Waals surface area contributed by atoms with Crippen molar-refractivity contribution in [1.82, 2.24) is 0 Å². The Balaban J connectivity index is 4.61. The fourth-order valence-electron chi connectivity index (χ4n) is 5.50. The topological polar surface area (TPSA) is 216 Å². The van der Waals surface area contributed by atoms with Gasteiger partial charge in [0.2, 0.25) is 0 Å². The van der Waals surface area contributed by atoms with Crippen molar-refractivity contribution in [3.05, 3.63) is 48.6 Å². The van der Waals surface area contributed by atoms with Crippen LogP contribution in [0, 0.1) is 0 Å². The number of carbonyl (C=O) groups is 2. The van der Waals surface area contributed by atoms with Crippen molar-refractivity contribution in [1.29, 1.82) is 0 Å². The molecule has 0 aliphatic heterocycles. The highest BCUT2D eigenvalue weighted by Crippen LogP contribution is 2.43. The molecular weight excluding hydrogens is 790 g/mol. The number of allylic oxidation sites excluding steroid dienone is 6. The van der Waals surface area contributed by atoms with Gasteiger partial charge in [0.05, 0.1) is 25.9 Å². The minimum atomic E-state index is -4.87. The summed E-state index contributed by atoms with van der Waals surface area (Å²) in [5.74, 6) is -1.10. The molecule has 16 heteroatoms. The molecule has 0 saturated carbocycles. The number of aliphatic hydroxyl groups excluding tert-OH is 2. The molecule has 338 valence electrons. The zero-order valence-corrected chi connectivity index (χ0v) is 37.0. The number of hydrogen-bond acceptors (Lipinski definition) is 11. The average molecular weight is 867 g/mol. The number of phosphoric ester groups is 2. The first-order valence-corrected chi connectivity index (χ1v) is 24.5. The molecule has 0 heterocycles. The second-order valence-corrected chi connectivity index (χ2v) is 17.1. The molecule has 0 aromatic carbocycles. The summed E-state index contributed by atoms with van der Waals surface area (Å²) in [4.78, 5) is 52.6. The molecule has 4 atom stereocenters. The molecule has 0 saturated heterocycles. The number of unbranched alkanes of at least 4 members (excludes halogenated alkanes) is 16. The van der Waals surface area contributed by atoms with Crippen molar-refractivity contribution >= 4 is 27.6 Å². The van der Waals surface area contributed by atoms with E-state index < -0.39 is 72.3 Å². The van der Waals surface area contributed by atoms with Gasteiger partial charge in [0.1, 0.15) is 12.7 Å². The first kappa shape index (κ1) is 56.0. The highest BCUT2D eigenvalue weighted by Gasteiger charge is 2.28. The van der Waals surface area contributed by atoms with Crippen LogP contribution in [0.3, 0.4) is 0 Å². The lowest BCUT2D eigenvalue weighted by Crippen LogP contribution is -2.30. The standard InChI is InChI=1S/C42H76O14P2/c1-3-5-7-8-9-10-11-12-13-14-15-18-21-24-28-32-41(45)52-36-40(37-55-58(50,51)54-35-39(44)34-53-57(47,48)49)56-42(46)33-29-25-22-19-16-17-20-23-27-31-38(43)30-26-6-4-2/h6,12-13,20,23,26-27,31,38-40,43-44H,3-5,7-11,14-19,21-22,24-25,28-30,32-37H2,1-2H3,(H,50,51)(H2,47,48,49)/b13-12-,23-20+,26-6+,31-27+/t38?,39-,40+/m0/s1. The predicted octanol–water partition coefficient (Wildman–Crippen LogP) is 9.64. The van der Waals surface area contributed by atoms with Crippen molar-refractivity contribution in [3.8, 4) is 0 Å². The molecule has 0 rings (SSSR count). The maximum atomic E-state index is 12.6. The molecule has 58 heavy (non-hydrogen) atoms. The quantitative estimate of drug-likeness (QED) is 0.0127. The number of ether oxygens (including phenoxy) is 2. The van der Waals surface area contributed by atoms with Gasteiger partial charge in [0.25, 0.3) is 0 Å². The molecule has 0 aromatic rings. The van der Waals surface area contributed by atoms with E-state index in [-0.39, 0.29) is 12.8 Å². The lowest BCUT2D eigenvalue weighted by Gasteiger charge is -2.20. The first-order valence-electron chi connectivity index (χ1n) is 21.4. The molecule has 0 fully saturated rings. The predicted molar refractivity (Wildman–Crippen MR) is 227 cm³/mol. The van der Waals surface area contributed by atoms with Gasteiger partial charge in [-0.15, -0.1) is 0 Å². The Morgan fingerprint density at radius 3 is 1.67 bits per heavy atom. The Labute approximate surface area is 348 Å². The second kappa shape index (κ2) is 38.0. The highest BCUT2D eigenvalue weighted by atomic mass is 31.2. The van der Waals surface area contributed by atoms with Gasteiger partial charge in [-0.1, -0.05) is 133 Å². The number of hydrogen-bond donors (Lipinski definition) is 5. The molecule has 0 aliphatic carbocycles. The van der Waals surface area contributed by atoms with E-state index in [0.29, 0.717) is 19.3 Å². The lowest BCUT2D eigenvalue weighted by atomic mass is 10.1. The van der Waals surface area contributed by atoms with E-state index in [2.05, 4.69) is 34.2 Å². The summed E-state index contributed by atoms with van der Waals surface area (Å²) in [6, 6.07) is 0. The summed E-state index contributed by atoms with van der Waals surface area (Å²) in [5, 5.41) is 19.6. The van der Waals surface area contributed by atoms with Crippen LogP contribution in [-0.4, -0.2) is 81.6 Å². The van der Waals surface area contributed by atoms with Crippen LogP contribution >= 0.6 is 15.6 Å². The van der Waals surface area contributed by atoms with Crippen LogP contribution < -0.4 is 0 Å². The van der Waals surface area contributed by atoms with Crippen molar-refractivity contribution in [2.24, 2.45) is 0 Å². The summed E-state index contributed by atoms with van der Waals surface area (Å²) >= 11 is 0. The van der Waals surface area contributed by atoms with Crippen molar-refractivity contribution < 1.29 is 66.7 Å². The van der Waals surface area contributed by atoms with E-state index >= 15 is 0 Å². The molecule has 0 spiro atoms. The molecule has 0 amide bonds. The van der Waals surface area contributed by atoms with Crippen molar-refractivity contribution in [2.45, 2.75) is 180 Å². The fourth-order valence-corrected chi connectivity index (χ4v) is 6.65. The van der Waals surface area contributed by atoms with Gasteiger partial charge in [-0.3, -0.25) is 23.2 Å². The van der Waals surface area contributed by atoms with Crippen LogP contribution in [0.25, 0.3) is 0 Å². The Morgan fingerprint density at radius 2 is 1.09 bits per heavy atom. The van der Waals surface area contributed by atoms with Crippen LogP contribution in [0.1, 0.15) is 162 Å². The van der Waals surface area contributed by atoms with Gasteiger partial charge < -0.3 is 34.4 Å². The summed E-state index contributed by atoms with van der Waals surface area (Å²) < 4.78 is 47.7. The molecule has 0 bridgehead atoms. The minimum Gasteiger partial charge on any atom is -0.462 e. The average Bonchev–Trinajstić information content (AvgIpc) is 3.17. The molecule has 14 nitrogen and oxygen atoms in total. The third kappa shape index (κ3) is 40.8. The molecule has 2 unspecified atom stereocenters. The van der Waals surface area contributed by atoms with E-state index in [0.717, 1.165) is 77.0 Å².